The first-order valence-electron chi connectivity index (χ1n) is 9.87. The molecule has 0 saturated heterocycles. The number of halogens is 2. The fraction of sp³-hybridized carbons (Fsp3) is 0.478. The molecule has 3 heteroatoms. The first-order chi connectivity index (χ1) is 12.6. The van der Waals surface area contributed by atoms with Gasteiger partial charge in [-0.2, -0.15) is 0 Å². The molecule has 0 atom stereocenters. The summed E-state index contributed by atoms with van der Waals surface area (Å²) in [5.41, 5.74) is 5.82. The first kappa shape index (κ1) is 20.1. The van der Waals surface area contributed by atoms with Gasteiger partial charge in [0.15, 0.2) is 0 Å². The Kier molecular flexibility index (Phi) is 6.98. The van der Waals surface area contributed by atoms with Crippen LogP contribution in [-0.4, -0.2) is 13.6 Å². The average molecular weight is 479 g/mol. The van der Waals surface area contributed by atoms with Crippen molar-refractivity contribution in [1.29, 1.82) is 0 Å². The number of likely N-dealkylation sites (N-methyl/N-ethyl adjacent to an activating group) is 1. The SMILES string of the molecule is CCCCCCCCC1(CNC)c2cc(Br)ccc2-c2ccc(Br)cc21. The number of fused-ring (bicyclic) bond motifs is 3. The summed E-state index contributed by atoms with van der Waals surface area (Å²) in [5, 5.41) is 3.50. The van der Waals surface area contributed by atoms with Gasteiger partial charge in [-0.25, -0.2) is 0 Å². The van der Waals surface area contributed by atoms with Crippen molar-refractivity contribution in [2.45, 2.75) is 57.3 Å². The van der Waals surface area contributed by atoms with E-state index in [1.807, 2.05) is 0 Å². The predicted molar refractivity (Wildman–Crippen MR) is 120 cm³/mol. The van der Waals surface area contributed by atoms with E-state index in [1.165, 1.54) is 76.1 Å². The van der Waals surface area contributed by atoms with Crippen LogP contribution in [0.25, 0.3) is 11.1 Å². The van der Waals surface area contributed by atoms with Crippen LogP contribution >= 0.6 is 31.9 Å². The van der Waals surface area contributed by atoms with E-state index >= 15 is 0 Å². The molecule has 26 heavy (non-hydrogen) atoms. The Labute approximate surface area is 175 Å². The minimum atomic E-state index is 0.0672. The standard InChI is InChI=1S/C23H29Br2N/c1-3-4-5-6-7-8-13-23(16-26-2)21-14-17(24)9-11-19(21)20-12-10-18(25)15-22(20)23/h9-12,14-15,26H,3-8,13,16H2,1-2H3. The summed E-state index contributed by atoms with van der Waals surface area (Å²) in [5.74, 6) is 0. The zero-order valence-corrected chi connectivity index (χ0v) is 19.0. The molecule has 0 unspecified atom stereocenters. The van der Waals surface area contributed by atoms with Crippen molar-refractivity contribution in [3.05, 3.63) is 56.5 Å². The molecule has 0 amide bonds. The van der Waals surface area contributed by atoms with E-state index in [0.29, 0.717) is 0 Å². The quantitative estimate of drug-likeness (QED) is 0.369. The summed E-state index contributed by atoms with van der Waals surface area (Å²) >= 11 is 7.42. The van der Waals surface area contributed by atoms with Gasteiger partial charge in [0, 0.05) is 20.9 Å². The van der Waals surface area contributed by atoms with E-state index in [0.717, 1.165) is 6.54 Å². The monoisotopic (exact) mass is 477 g/mol. The second kappa shape index (κ2) is 9.03. The molecule has 2 aromatic rings. The molecule has 0 saturated carbocycles. The number of nitrogens with one attached hydrogen (secondary N) is 1. The van der Waals surface area contributed by atoms with Gasteiger partial charge in [-0.1, -0.05) is 89.4 Å². The van der Waals surface area contributed by atoms with Crippen molar-refractivity contribution in [3.8, 4) is 11.1 Å². The first-order valence-corrected chi connectivity index (χ1v) is 11.5. The molecule has 0 radical (unpaired) electrons. The Morgan fingerprint density at radius 1 is 0.808 bits per heavy atom. The molecular formula is C23H29Br2N. The van der Waals surface area contributed by atoms with Crippen LogP contribution in [0.2, 0.25) is 0 Å². The number of hydrogen-bond acceptors (Lipinski definition) is 1. The van der Waals surface area contributed by atoms with Gasteiger partial charge in [-0.15, -0.1) is 0 Å². The van der Waals surface area contributed by atoms with Crippen LogP contribution in [0.15, 0.2) is 45.3 Å². The Balaban J connectivity index is 1.94. The van der Waals surface area contributed by atoms with E-state index in [9.17, 15) is 0 Å². The molecule has 0 heterocycles. The van der Waals surface area contributed by atoms with Crippen molar-refractivity contribution < 1.29 is 0 Å². The Morgan fingerprint density at radius 2 is 1.35 bits per heavy atom. The molecule has 0 aliphatic heterocycles. The lowest BCUT2D eigenvalue weighted by atomic mass is 9.74. The molecule has 1 aliphatic rings. The van der Waals surface area contributed by atoms with Crippen LogP contribution in [0, 0.1) is 0 Å². The summed E-state index contributed by atoms with van der Waals surface area (Å²) < 4.78 is 2.35. The minimum Gasteiger partial charge on any atom is -0.319 e. The van der Waals surface area contributed by atoms with Gasteiger partial charge in [0.2, 0.25) is 0 Å². The third-order valence-electron chi connectivity index (χ3n) is 5.72. The zero-order valence-electron chi connectivity index (χ0n) is 15.9. The lowest BCUT2D eigenvalue weighted by Crippen LogP contribution is -2.36. The summed E-state index contributed by atoms with van der Waals surface area (Å²) in [6, 6.07) is 13.6. The van der Waals surface area contributed by atoms with E-state index in [4.69, 9.17) is 0 Å². The highest BCUT2D eigenvalue weighted by Crippen LogP contribution is 2.52. The summed E-state index contributed by atoms with van der Waals surface area (Å²) in [6.45, 7) is 3.26. The number of hydrogen-bond donors (Lipinski definition) is 1. The lowest BCUT2D eigenvalue weighted by molar-refractivity contribution is 0.430. The van der Waals surface area contributed by atoms with Crippen molar-refractivity contribution in [3.63, 3.8) is 0 Å². The van der Waals surface area contributed by atoms with E-state index in [2.05, 4.69) is 87.5 Å². The van der Waals surface area contributed by atoms with Crippen LogP contribution in [0.3, 0.4) is 0 Å². The Bertz CT molecular complexity index is 702. The molecule has 0 bridgehead atoms. The smallest absolute Gasteiger partial charge is 0.0340 e. The third-order valence-corrected chi connectivity index (χ3v) is 6.71. The van der Waals surface area contributed by atoms with Crippen LogP contribution in [0.4, 0.5) is 0 Å². The van der Waals surface area contributed by atoms with E-state index < -0.39 is 0 Å². The van der Waals surface area contributed by atoms with E-state index in [1.54, 1.807) is 0 Å². The van der Waals surface area contributed by atoms with Gasteiger partial charge in [-0.3, -0.25) is 0 Å². The fourth-order valence-corrected chi connectivity index (χ4v) is 5.22. The van der Waals surface area contributed by atoms with Crippen LogP contribution in [0.5, 0.6) is 0 Å². The van der Waals surface area contributed by atoms with Gasteiger partial charge in [-0.05, 0) is 60.0 Å². The number of benzene rings is 2. The van der Waals surface area contributed by atoms with Gasteiger partial charge in [0.1, 0.15) is 0 Å². The third kappa shape index (κ3) is 3.95. The second-order valence-corrected chi connectivity index (χ2v) is 9.34. The molecule has 0 aromatic heterocycles. The molecule has 1 aliphatic carbocycles. The molecule has 0 fully saturated rings. The zero-order chi connectivity index (χ0) is 18.6. The highest BCUT2D eigenvalue weighted by Gasteiger charge is 2.42. The average Bonchev–Trinajstić information content (AvgIpc) is 2.88. The lowest BCUT2D eigenvalue weighted by Gasteiger charge is -2.32. The van der Waals surface area contributed by atoms with E-state index in [-0.39, 0.29) is 5.41 Å². The van der Waals surface area contributed by atoms with Gasteiger partial charge in [0.05, 0.1) is 0 Å². The Morgan fingerprint density at radius 3 is 1.88 bits per heavy atom. The Hall–Kier alpha value is -0.640. The highest BCUT2D eigenvalue weighted by molar-refractivity contribution is 9.10. The summed E-state index contributed by atoms with van der Waals surface area (Å²) in [4.78, 5) is 0. The van der Waals surface area contributed by atoms with Crippen LogP contribution in [-0.2, 0) is 5.41 Å². The summed E-state index contributed by atoms with van der Waals surface area (Å²) in [6.07, 6.45) is 9.23. The molecule has 0 spiro atoms. The maximum absolute atomic E-state index is 3.71. The fourth-order valence-electron chi connectivity index (χ4n) is 4.50. The van der Waals surface area contributed by atoms with Crippen molar-refractivity contribution in [2.24, 2.45) is 0 Å². The molecule has 1 N–H and O–H groups in total. The second-order valence-electron chi connectivity index (χ2n) is 7.51. The maximum Gasteiger partial charge on any atom is 0.0340 e. The summed E-state index contributed by atoms with van der Waals surface area (Å²) in [7, 11) is 2.08. The van der Waals surface area contributed by atoms with Gasteiger partial charge >= 0.3 is 0 Å². The predicted octanol–water partition coefficient (Wildman–Crippen LogP) is 7.45. The minimum absolute atomic E-state index is 0.0672. The van der Waals surface area contributed by atoms with Crippen molar-refractivity contribution in [2.75, 3.05) is 13.6 Å². The largest absolute Gasteiger partial charge is 0.319 e. The maximum atomic E-state index is 3.71. The van der Waals surface area contributed by atoms with Crippen molar-refractivity contribution in [1.82, 2.24) is 5.32 Å². The highest BCUT2D eigenvalue weighted by atomic mass is 79.9. The van der Waals surface area contributed by atoms with Gasteiger partial charge < -0.3 is 5.32 Å². The number of rotatable bonds is 9. The molecule has 1 nitrogen and oxygen atoms in total. The topological polar surface area (TPSA) is 12.0 Å². The van der Waals surface area contributed by atoms with Crippen molar-refractivity contribution >= 4 is 31.9 Å². The molecule has 2 aromatic carbocycles. The molecule has 140 valence electrons. The number of unbranched alkanes of at least 4 members (excludes halogenated alkanes) is 5. The molecule has 3 rings (SSSR count). The van der Waals surface area contributed by atoms with Crippen LogP contribution < -0.4 is 5.32 Å². The van der Waals surface area contributed by atoms with Gasteiger partial charge in [0.25, 0.3) is 0 Å². The molecular weight excluding hydrogens is 450 g/mol. The normalized spacial score (nSPS) is 14.3. The van der Waals surface area contributed by atoms with Crippen LogP contribution in [0.1, 0.15) is 63.0 Å².